The highest BCUT2D eigenvalue weighted by molar-refractivity contribution is 6.05. The summed E-state index contributed by atoms with van der Waals surface area (Å²) in [6.07, 6.45) is 4.93. The molecular weight excluding hydrogens is 128 g/mol. The molecule has 0 atom stereocenters. The number of ketones is 1. The molecule has 0 N–H and O–H groups in total. The van der Waals surface area contributed by atoms with Crippen LogP contribution in [0.2, 0.25) is 0 Å². The lowest BCUT2D eigenvalue weighted by molar-refractivity contribution is -0.111. The van der Waals surface area contributed by atoms with Gasteiger partial charge in [-0.05, 0) is 31.6 Å². The van der Waals surface area contributed by atoms with E-state index in [0.717, 1.165) is 0 Å². The minimum absolute atomic E-state index is 0.116. The minimum atomic E-state index is -0.116. The van der Waals surface area contributed by atoms with Crippen LogP contribution in [0, 0.1) is 0 Å². The van der Waals surface area contributed by atoms with Crippen LogP contribution in [0.4, 0.5) is 0 Å². The highest BCUT2D eigenvalue weighted by Gasteiger charge is 1.95. The van der Waals surface area contributed by atoms with Crippen molar-refractivity contribution in [3.05, 3.63) is 23.8 Å². The van der Waals surface area contributed by atoms with E-state index >= 15 is 0 Å². The lowest BCUT2D eigenvalue weighted by Crippen LogP contribution is -1.93. The summed E-state index contributed by atoms with van der Waals surface area (Å²) in [4.78, 5) is 20.7. The number of carbonyl (C=O) groups excluding carboxylic acids is 2. The van der Waals surface area contributed by atoms with Crippen LogP contribution in [0.25, 0.3) is 0 Å². The molecule has 0 heterocycles. The lowest BCUT2D eigenvalue weighted by Gasteiger charge is -1.88. The fourth-order valence-electron chi connectivity index (χ4n) is 0.467. The average Bonchev–Trinajstić information content (AvgIpc) is 1.89. The molecular formula is C8H10O2. The van der Waals surface area contributed by atoms with Crippen LogP contribution in [-0.2, 0) is 9.59 Å². The fraction of sp³-hybridized carbons (Fsp3) is 0.250. The molecule has 0 aromatic heterocycles. The average molecular weight is 138 g/mol. The topological polar surface area (TPSA) is 34.1 Å². The number of hydrogen-bond donors (Lipinski definition) is 0. The van der Waals surface area contributed by atoms with Crippen molar-refractivity contribution in [1.29, 1.82) is 0 Å². The molecule has 2 nitrogen and oxygen atoms in total. The van der Waals surface area contributed by atoms with Gasteiger partial charge in [0.1, 0.15) is 6.29 Å². The maximum atomic E-state index is 10.8. The normalized spacial score (nSPS) is 12.0. The smallest absolute Gasteiger partial charge is 0.181 e. The maximum Gasteiger partial charge on any atom is 0.181 e. The number of carbonyl (C=O) groups is 2. The molecule has 0 saturated carbocycles. The molecule has 0 aromatic carbocycles. The fourth-order valence-corrected chi connectivity index (χ4v) is 0.467. The van der Waals surface area contributed by atoms with E-state index in [0.29, 0.717) is 11.9 Å². The Hall–Kier alpha value is -1.18. The van der Waals surface area contributed by atoms with Gasteiger partial charge < -0.3 is 0 Å². The Morgan fingerprint density at radius 1 is 1.40 bits per heavy atom. The number of aldehydes is 1. The van der Waals surface area contributed by atoms with Crippen molar-refractivity contribution in [3.8, 4) is 0 Å². The van der Waals surface area contributed by atoms with Gasteiger partial charge in [0, 0.05) is 0 Å². The van der Waals surface area contributed by atoms with Crippen molar-refractivity contribution < 1.29 is 9.59 Å². The molecule has 0 saturated heterocycles. The first kappa shape index (κ1) is 8.82. The SMILES string of the molecule is CC=CC(=O)C(C)=CC=O. The summed E-state index contributed by atoms with van der Waals surface area (Å²) in [5, 5.41) is 0. The van der Waals surface area contributed by atoms with E-state index in [2.05, 4.69) is 0 Å². The Kier molecular flexibility index (Phi) is 4.12. The van der Waals surface area contributed by atoms with Gasteiger partial charge in [-0.1, -0.05) is 6.08 Å². The van der Waals surface area contributed by atoms with Gasteiger partial charge in [-0.3, -0.25) is 9.59 Å². The van der Waals surface area contributed by atoms with Gasteiger partial charge in [0.15, 0.2) is 5.78 Å². The van der Waals surface area contributed by atoms with Gasteiger partial charge in [-0.2, -0.15) is 0 Å². The van der Waals surface area contributed by atoms with E-state index in [1.807, 2.05) is 0 Å². The third-order valence-electron chi connectivity index (χ3n) is 1.02. The zero-order chi connectivity index (χ0) is 7.98. The summed E-state index contributed by atoms with van der Waals surface area (Å²) < 4.78 is 0. The number of allylic oxidation sites excluding steroid dienone is 4. The summed E-state index contributed by atoms with van der Waals surface area (Å²) >= 11 is 0. The largest absolute Gasteiger partial charge is 0.299 e. The highest BCUT2D eigenvalue weighted by atomic mass is 16.1. The predicted octanol–water partition coefficient (Wildman–Crippen LogP) is 1.28. The zero-order valence-electron chi connectivity index (χ0n) is 6.13. The third-order valence-corrected chi connectivity index (χ3v) is 1.02. The highest BCUT2D eigenvalue weighted by Crippen LogP contribution is 1.93. The van der Waals surface area contributed by atoms with Gasteiger partial charge in [0.05, 0.1) is 0 Å². The Bertz CT molecular complexity index is 187. The molecule has 54 valence electrons. The van der Waals surface area contributed by atoms with Gasteiger partial charge in [-0.15, -0.1) is 0 Å². The minimum Gasteiger partial charge on any atom is -0.299 e. The van der Waals surface area contributed by atoms with Crippen molar-refractivity contribution in [1.82, 2.24) is 0 Å². The second kappa shape index (κ2) is 4.68. The molecule has 0 spiro atoms. The summed E-state index contributed by atoms with van der Waals surface area (Å²) in [5.74, 6) is -0.116. The quantitative estimate of drug-likeness (QED) is 0.435. The van der Waals surface area contributed by atoms with Crippen LogP contribution in [0.15, 0.2) is 23.8 Å². The first-order valence-electron chi connectivity index (χ1n) is 3.01. The standard InChI is InChI=1S/C8H10O2/c1-3-4-8(10)7(2)5-6-9/h3-6H,1-2H3. The zero-order valence-corrected chi connectivity index (χ0v) is 6.13. The van der Waals surface area contributed by atoms with Crippen LogP contribution < -0.4 is 0 Å². The van der Waals surface area contributed by atoms with E-state index < -0.39 is 0 Å². The van der Waals surface area contributed by atoms with Gasteiger partial charge in [-0.25, -0.2) is 0 Å². The van der Waals surface area contributed by atoms with Gasteiger partial charge >= 0.3 is 0 Å². The molecule has 2 heteroatoms. The first-order chi connectivity index (χ1) is 4.72. The van der Waals surface area contributed by atoms with Crippen molar-refractivity contribution >= 4 is 12.1 Å². The number of rotatable bonds is 3. The Morgan fingerprint density at radius 3 is 2.40 bits per heavy atom. The van der Waals surface area contributed by atoms with E-state index in [1.54, 1.807) is 19.9 Å². The van der Waals surface area contributed by atoms with Crippen LogP contribution >= 0.6 is 0 Å². The second-order valence-electron chi connectivity index (χ2n) is 1.85. The van der Waals surface area contributed by atoms with Gasteiger partial charge in [0.25, 0.3) is 0 Å². The summed E-state index contributed by atoms with van der Waals surface area (Å²) in [6.45, 7) is 3.36. The Labute approximate surface area is 60.2 Å². The van der Waals surface area contributed by atoms with Crippen molar-refractivity contribution in [2.45, 2.75) is 13.8 Å². The first-order valence-corrected chi connectivity index (χ1v) is 3.01. The molecule has 0 bridgehead atoms. The maximum absolute atomic E-state index is 10.8. The second-order valence-corrected chi connectivity index (χ2v) is 1.85. The van der Waals surface area contributed by atoms with E-state index in [9.17, 15) is 9.59 Å². The van der Waals surface area contributed by atoms with Crippen LogP contribution in [0.5, 0.6) is 0 Å². The molecule has 0 aliphatic rings. The summed E-state index contributed by atoms with van der Waals surface area (Å²) in [5.41, 5.74) is 0.466. The van der Waals surface area contributed by atoms with Crippen LogP contribution in [0.1, 0.15) is 13.8 Å². The molecule has 0 aliphatic heterocycles. The molecule has 0 rings (SSSR count). The van der Waals surface area contributed by atoms with Gasteiger partial charge in [0.2, 0.25) is 0 Å². The van der Waals surface area contributed by atoms with Crippen molar-refractivity contribution in [2.75, 3.05) is 0 Å². The van der Waals surface area contributed by atoms with E-state index in [1.165, 1.54) is 12.2 Å². The third kappa shape index (κ3) is 2.97. The molecule has 0 aromatic rings. The molecule has 10 heavy (non-hydrogen) atoms. The van der Waals surface area contributed by atoms with Crippen molar-refractivity contribution in [3.63, 3.8) is 0 Å². The van der Waals surface area contributed by atoms with E-state index in [-0.39, 0.29) is 5.78 Å². The van der Waals surface area contributed by atoms with Crippen LogP contribution in [-0.4, -0.2) is 12.1 Å². The Morgan fingerprint density at radius 2 is 2.00 bits per heavy atom. The van der Waals surface area contributed by atoms with E-state index in [4.69, 9.17) is 0 Å². The molecule has 0 amide bonds. The molecule has 0 aliphatic carbocycles. The molecule has 0 unspecified atom stereocenters. The summed E-state index contributed by atoms with van der Waals surface area (Å²) in [6, 6.07) is 0. The molecule has 0 radical (unpaired) electrons. The van der Waals surface area contributed by atoms with Crippen molar-refractivity contribution in [2.24, 2.45) is 0 Å². The molecule has 0 fully saturated rings. The summed E-state index contributed by atoms with van der Waals surface area (Å²) in [7, 11) is 0. The lowest BCUT2D eigenvalue weighted by atomic mass is 10.2. The Balaban J connectivity index is 4.21. The van der Waals surface area contributed by atoms with Crippen LogP contribution in [0.3, 0.4) is 0 Å². The monoisotopic (exact) mass is 138 g/mol. The predicted molar refractivity (Wildman–Crippen MR) is 39.6 cm³/mol. The number of hydrogen-bond acceptors (Lipinski definition) is 2.